The lowest BCUT2D eigenvalue weighted by Crippen LogP contribution is -2.15. The zero-order valence-corrected chi connectivity index (χ0v) is 12.5. The van der Waals surface area contributed by atoms with E-state index in [-0.39, 0.29) is 5.82 Å². The van der Waals surface area contributed by atoms with Gasteiger partial charge in [-0.05, 0) is 31.4 Å². The van der Waals surface area contributed by atoms with E-state index in [0.717, 1.165) is 30.0 Å². The van der Waals surface area contributed by atoms with E-state index in [4.69, 9.17) is 4.98 Å². The lowest BCUT2D eigenvalue weighted by atomic mass is 10.2. The van der Waals surface area contributed by atoms with E-state index >= 15 is 0 Å². The maximum absolute atomic E-state index is 13.3. The van der Waals surface area contributed by atoms with E-state index in [1.165, 1.54) is 29.5 Å². The van der Waals surface area contributed by atoms with Gasteiger partial charge in [0.05, 0.1) is 5.69 Å². The number of benzene rings is 1. The summed E-state index contributed by atoms with van der Waals surface area (Å²) < 4.78 is 13.3. The molecule has 1 aromatic heterocycles. The first-order chi connectivity index (χ1) is 9.76. The highest BCUT2D eigenvalue weighted by atomic mass is 32.1. The Morgan fingerprint density at radius 3 is 2.95 bits per heavy atom. The summed E-state index contributed by atoms with van der Waals surface area (Å²) in [6.45, 7) is 3.06. The number of aromatic nitrogens is 1. The Hall–Kier alpha value is -1.26. The SMILES string of the molecule is CCCc1nc(-c2cccc(F)c2)sc1CNC1CC1. The number of halogens is 1. The Balaban J connectivity index is 1.84. The third-order valence-electron chi connectivity index (χ3n) is 3.47. The molecule has 1 saturated carbocycles. The number of thiazole rings is 1. The molecule has 1 heterocycles. The summed E-state index contributed by atoms with van der Waals surface area (Å²) in [5.74, 6) is -0.201. The number of hydrogen-bond donors (Lipinski definition) is 1. The number of nitrogens with one attached hydrogen (secondary N) is 1. The van der Waals surface area contributed by atoms with Crippen LogP contribution in [0.2, 0.25) is 0 Å². The maximum Gasteiger partial charge on any atom is 0.124 e. The molecule has 1 fully saturated rings. The van der Waals surface area contributed by atoms with Gasteiger partial charge in [-0.15, -0.1) is 11.3 Å². The largest absolute Gasteiger partial charge is 0.309 e. The van der Waals surface area contributed by atoms with Crippen LogP contribution in [0.1, 0.15) is 36.8 Å². The third-order valence-corrected chi connectivity index (χ3v) is 4.61. The summed E-state index contributed by atoms with van der Waals surface area (Å²) in [7, 11) is 0. The third kappa shape index (κ3) is 3.25. The lowest BCUT2D eigenvalue weighted by molar-refractivity contribution is 0.628. The molecule has 0 unspecified atom stereocenters. The molecule has 3 rings (SSSR count). The summed E-state index contributed by atoms with van der Waals surface area (Å²) in [5, 5.41) is 4.48. The summed E-state index contributed by atoms with van der Waals surface area (Å²) in [4.78, 5) is 6.03. The Bertz CT molecular complexity index is 590. The van der Waals surface area contributed by atoms with Crippen LogP contribution in [0.15, 0.2) is 24.3 Å². The van der Waals surface area contributed by atoms with Crippen molar-refractivity contribution >= 4 is 11.3 Å². The zero-order valence-electron chi connectivity index (χ0n) is 11.7. The van der Waals surface area contributed by atoms with Gasteiger partial charge in [0.1, 0.15) is 10.8 Å². The minimum absolute atomic E-state index is 0.201. The van der Waals surface area contributed by atoms with Crippen LogP contribution in [0.3, 0.4) is 0 Å². The van der Waals surface area contributed by atoms with E-state index in [1.54, 1.807) is 23.5 Å². The van der Waals surface area contributed by atoms with Crippen LogP contribution in [0.4, 0.5) is 4.39 Å². The highest BCUT2D eigenvalue weighted by molar-refractivity contribution is 7.15. The molecule has 0 saturated heterocycles. The standard InChI is InChI=1S/C16H19FN2S/c1-2-4-14-15(10-18-13-7-8-13)20-16(19-14)11-5-3-6-12(17)9-11/h3,5-6,9,13,18H,2,4,7-8,10H2,1H3. The Morgan fingerprint density at radius 1 is 1.40 bits per heavy atom. The molecule has 2 nitrogen and oxygen atoms in total. The van der Waals surface area contributed by atoms with Crippen molar-refractivity contribution < 1.29 is 4.39 Å². The average molecular weight is 290 g/mol. The predicted octanol–water partition coefficient (Wildman–Crippen LogP) is 4.15. The molecule has 1 aliphatic rings. The van der Waals surface area contributed by atoms with Crippen molar-refractivity contribution in [1.29, 1.82) is 0 Å². The molecule has 20 heavy (non-hydrogen) atoms. The molecule has 0 amide bonds. The lowest BCUT2D eigenvalue weighted by Gasteiger charge is -2.01. The molecule has 0 aliphatic heterocycles. The maximum atomic E-state index is 13.3. The van der Waals surface area contributed by atoms with Gasteiger partial charge in [-0.25, -0.2) is 9.37 Å². The molecule has 1 aliphatic carbocycles. The van der Waals surface area contributed by atoms with Crippen molar-refractivity contribution in [2.24, 2.45) is 0 Å². The molecule has 0 bridgehead atoms. The van der Waals surface area contributed by atoms with Crippen LogP contribution in [-0.2, 0) is 13.0 Å². The minimum Gasteiger partial charge on any atom is -0.309 e. The van der Waals surface area contributed by atoms with Crippen molar-refractivity contribution in [2.75, 3.05) is 0 Å². The van der Waals surface area contributed by atoms with Crippen LogP contribution in [0.5, 0.6) is 0 Å². The van der Waals surface area contributed by atoms with Gasteiger partial charge >= 0.3 is 0 Å². The molecule has 4 heteroatoms. The number of rotatable bonds is 6. The summed E-state index contributed by atoms with van der Waals surface area (Å²) in [6, 6.07) is 7.40. The van der Waals surface area contributed by atoms with E-state index in [2.05, 4.69) is 12.2 Å². The quantitative estimate of drug-likeness (QED) is 0.864. The van der Waals surface area contributed by atoms with Crippen LogP contribution in [-0.4, -0.2) is 11.0 Å². The first-order valence-electron chi connectivity index (χ1n) is 7.24. The smallest absolute Gasteiger partial charge is 0.124 e. The second-order valence-corrected chi connectivity index (χ2v) is 6.39. The van der Waals surface area contributed by atoms with E-state index in [1.807, 2.05) is 6.07 Å². The second kappa shape index (κ2) is 6.02. The van der Waals surface area contributed by atoms with Gasteiger partial charge in [-0.3, -0.25) is 0 Å². The molecule has 0 spiro atoms. The van der Waals surface area contributed by atoms with E-state index in [0.29, 0.717) is 6.04 Å². The molecule has 2 aromatic rings. The Kier molecular flexibility index (Phi) is 4.13. The van der Waals surface area contributed by atoms with Gasteiger partial charge in [0.2, 0.25) is 0 Å². The zero-order chi connectivity index (χ0) is 13.9. The van der Waals surface area contributed by atoms with E-state index < -0.39 is 0 Å². The van der Waals surface area contributed by atoms with Crippen molar-refractivity contribution in [3.8, 4) is 10.6 Å². The number of nitrogens with zero attached hydrogens (tertiary/aromatic N) is 1. The minimum atomic E-state index is -0.201. The number of aryl methyl sites for hydroxylation is 1. The topological polar surface area (TPSA) is 24.9 Å². The predicted molar refractivity (Wildman–Crippen MR) is 81.4 cm³/mol. The number of hydrogen-bond acceptors (Lipinski definition) is 3. The van der Waals surface area contributed by atoms with Gasteiger partial charge in [-0.1, -0.05) is 25.5 Å². The molecule has 1 N–H and O–H groups in total. The van der Waals surface area contributed by atoms with Gasteiger partial charge in [0.15, 0.2) is 0 Å². The fourth-order valence-electron chi connectivity index (χ4n) is 2.22. The first kappa shape index (κ1) is 13.7. The molecule has 106 valence electrons. The van der Waals surface area contributed by atoms with Gasteiger partial charge < -0.3 is 5.32 Å². The Labute approximate surface area is 123 Å². The normalized spacial score (nSPS) is 14.7. The van der Waals surface area contributed by atoms with Gasteiger partial charge in [0.25, 0.3) is 0 Å². The Morgan fingerprint density at radius 2 is 2.25 bits per heavy atom. The van der Waals surface area contributed by atoms with Crippen LogP contribution in [0.25, 0.3) is 10.6 Å². The first-order valence-corrected chi connectivity index (χ1v) is 8.06. The molecule has 0 radical (unpaired) electrons. The second-order valence-electron chi connectivity index (χ2n) is 5.30. The van der Waals surface area contributed by atoms with Gasteiger partial charge in [0, 0.05) is 23.0 Å². The van der Waals surface area contributed by atoms with Crippen molar-refractivity contribution in [3.05, 3.63) is 40.7 Å². The van der Waals surface area contributed by atoms with Gasteiger partial charge in [-0.2, -0.15) is 0 Å². The van der Waals surface area contributed by atoms with Crippen LogP contribution < -0.4 is 5.32 Å². The summed E-state index contributed by atoms with van der Waals surface area (Å²) in [5.41, 5.74) is 2.05. The summed E-state index contributed by atoms with van der Waals surface area (Å²) >= 11 is 1.69. The van der Waals surface area contributed by atoms with E-state index in [9.17, 15) is 4.39 Å². The summed E-state index contributed by atoms with van der Waals surface area (Å²) in [6.07, 6.45) is 4.66. The highest BCUT2D eigenvalue weighted by Gasteiger charge is 2.21. The van der Waals surface area contributed by atoms with Crippen molar-refractivity contribution in [1.82, 2.24) is 10.3 Å². The molecular formula is C16H19FN2S. The fraction of sp³-hybridized carbons (Fsp3) is 0.438. The fourth-order valence-corrected chi connectivity index (χ4v) is 3.28. The molecule has 0 atom stereocenters. The molecule has 1 aromatic carbocycles. The van der Waals surface area contributed by atoms with Crippen molar-refractivity contribution in [2.45, 2.75) is 45.2 Å². The van der Waals surface area contributed by atoms with Crippen molar-refractivity contribution in [3.63, 3.8) is 0 Å². The highest BCUT2D eigenvalue weighted by Crippen LogP contribution is 2.30. The van der Waals surface area contributed by atoms with Crippen LogP contribution >= 0.6 is 11.3 Å². The van der Waals surface area contributed by atoms with Crippen LogP contribution in [0, 0.1) is 5.82 Å². The monoisotopic (exact) mass is 290 g/mol. The molecular weight excluding hydrogens is 271 g/mol. The average Bonchev–Trinajstić information content (AvgIpc) is 3.18.